The summed E-state index contributed by atoms with van der Waals surface area (Å²) in [6.07, 6.45) is -3.99. The zero-order valence-corrected chi connectivity index (χ0v) is 26.3. The maximum Gasteiger partial charge on any atom is 0.435 e. The number of nitrogens with one attached hydrogen (secondary N) is 1. The summed E-state index contributed by atoms with van der Waals surface area (Å²) in [6.45, 7) is -0.0941. The highest BCUT2D eigenvalue weighted by Crippen LogP contribution is 2.38. The van der Waals surface area contributed by atoms with Crippen LogP contribution >= 0.6 is 0 Å². The Labute approximate surface area is 272 Å². The zero-order chi connectivity index (χ0) is 34.4. The smallest absolute Gasteiger partial charge is 0.435 e. The molecule has 246 valence electrons. The van der Waals surface area contributed by atoms with E-state index in [0.29, 0.717) is 16.8 Å². The van der Waals surface area contributed by atoms with Crippen molar-refractivity contribution >= 4 is 33.0 Å². The number of hydrogen-bond donors (Lipinski definition) is 2. The number of phenols is 1. The predicted molar refractivity (Wildman–Crippen MR) is 172 cm³/mol. The van der Waals surface area contributed by atoms with E-state index in [1.807, 2.05) is 0 Å². The molecule has 6 rings (SSSR count). The number of anilines is 2. The van der Waals surface area contributed by atoms with E-state index in [1.165, 1.54) is 48.4 Å². The molecule has 0 atom stereocenters. The Morgan fingerprint density at radius 3 is 2.33 bits per heavy atom. The number of carbonyl (C=O) groups excluding carboxylic acids is 2. The number of carbonyl (C=O) groups is 2. The molecule has 5 aromatic rings. The largest absolute Gasteiger partial charge is 0.506 e. The molecule has 2 N–H and O–H groups in total. The molecule has 0 fully saturated rings. The van der Waals surface area contributed by atoms with E-state index in [1.54, 1.807) is 54.6 Å². The molecule has 14 heteroatoms. The maximum absolute atomic E-state index is 14.3. The van der Waals surface area contributed by atoms with Gasteiger partial charge in [-0.25, -0.2) is 13.1 Å². The van der Waals surface area contributed by atoms with E-state index in [-0.39, 0.29) is 57.6 Å². The fourth-order valence-electron chi connectivity index (χ4n) is 5.64. The minimum Gasteiger partial charge on any atom is -0.506 e. The van der Waals surface area contributed by atoms with Gasteiger partial charge in [0.1, 0.15) is 17.2 Å². The first-order chi connectivity index (χ1) is 22.8. The number of alkyl halides is 3. The Balaban J connectivity index is 1.43. The quantitative estimate of drug-likeness (QED) is 0.198. The minimum atomic E-state index is -4.91. The molecular weight excluding hydrogens is 649 g/mol. The van der Waals surface area contributed by atoms with Crippen molar-refractivity contribution in [2.45, 2.75) is 17.5 Å². The molecule has 4 aromatic carbocycles. The summed E-state index contributed by atoms with van der Waals surface area (Å²) in [5.41, 5.74) is -0.796. The van der Waals surface area contributed by atoms with Crippen LogP contribution in [0.4, 0.5) is 24.5 Å². The van der Waals surface area contributed by atoms with Gasteiger partial charge < -0.3 is 20.1 Å². The number of methoxy groups -OCH3 is 1. The third-order valence-electron chi connectivity index (χ3n) is 7.89. The number of nitrogens with zero attached hydrogens (tertiary/aromatic N) is 3. The number of rotatable bonds is 7. The van der Waals surface area contributed by atoms with Gasteiger partial charge in [0.15, 0.2) is 15.5 Å². The monoisotopic (exact) mass is 676 g/mol. The highest BCUT2D eigenvalue weighted by molar-refractivity contribution is 7.90. The van der Waals surface area contributed by atoms with Gasteiger partial charge in [-0.15, -0.1) is 0 Å². The lowest BCUT2D eigenvalue weighted by molar-refractivity contribution is -0.141. The van der Waals surface area contributed by atoms with E-state index in [0.717, 1.165) is 10.9 Å². The van der Waals surface area contributed by atoms with Gasteiger partial charge in [-0.05, 0) is 60.5 Å². The van der Waals surface area contributed by atoms with Crippen molar-refractivity contribution in [3.8, 4) is 28.3 Å². The number of ether oxygens (including phenoxy) is 1. The van der Waals surface area contributed by atoms with Gasteiger partial charge in [-0.1, -0.05) is 42.5 Å². The Kier molecular flexibility index (Phi) is 8.21. The summed E-state index contributed by atoms with van der Waals surface area (Å²) >= 11 is 0. The second kappa shape index (κ2) is 12.2. The molecule has 0 saturated heterocycles. The SMILES string of the molecule is COc1ccc(-n2nc(C(F)(F)F)c3c2C(=O)N(c2ccc(-c4ccccc4S(C)(=O)=O)cc2)CC3)c(C(=O)Nc2ccccc2O)c1. The van der Waals surface area contributed by atoms with Crippen molar-refractivity contribution in [1.82, 2.24) is 9.78 Å². The number of benzene rings is 4. The first-order valence-electron chi connectivity index (χ1n) is 14.5. The predicted octanol–water partition coefficient (Wildman–Crippen LogP) is 6.13. The summed E-state index contributed by atoms with van der Waals surface area (Å²) in [7, 11) is -2.19. The number of aromatic nitrogens is 2. The Morgan fingerprint density at radius 1 is 0.979 bits per heavy atom. The van der Waals surface area contributed by atoms with Crippen molar-refractivity contribution in [1.29, 1.82) is 0 Å². The molecule has 2 amide bonds. The second-order valence-corrected chi connectivity index (χ2v) is 12.9. The van der Waals surface area contributed by atoms with Crippen LogP contribution in [0.15, 0.2) is 95.9 Å². The molecule has 0 bridgehead atoms. The lowest BCUT2D eigenvalue weighted by Gasteiger charge is -2.28. The van der Waals surface area contributed by atoms with E-state index in [2.05, 4.69) is 10.4 Å². The average Bonchev–Trinajstić information content (AvgIpc) is 3.47. The number of hydrogen-bond acceptors (Lipinski definition) is 7. The fourth-order valence-corrected chi connectivity index (χ4v) is 6.55. The van der Waals surface area contributed by atoms with Crippen molar-refractivity contribution < 1.29 is 41.0 Å². The molecule has 0 aliphatic carbocycles. The Bertz CT molecular complexity index is 2180. The first kappa shape index (κ1) is 32.3. The molecular formula is C34H27F3N4O6S. The summed E-state index contributed by atoms with van der Waals surface area (Å²) < 4.78 is 73.7. The third-order valence-corrected chi connectivity index (χ3v) is 9.05. The van der Waals surface area contributed by atoms with Gasteiger partial charge in [0.2, 0.25) is 0 Å². The van der Waals surface area contributed by atoms with E-state index < -0.39 is 33.5 Å². The number of sulfone groups is 1. The van der Waals surface area contributed by atoms with Crippen molar-refractivity contribution in [2.75, 3.05) is 30.1 Å². The van der Waals surface area contributed by atoms with E-state index >= 15 is 0 Å². The molecule has 0 saturated carbocycles. The molecule has 1 aromatic heterocycles. The second-order valence-electron chi connectivity index (χ2n) is 11.0. The van der Waals surface area contributed by atoms with Crippen LogP contribution < -0.4 is 15.0 Å². The molecule has 0 radical (unpaired) electrons. The van der Waals surface area contributed by atoms with Crippen molar-refractivity contribution in [2.24, 2.45) is 0 Å². The van der Waals surface area contributed by atoms with Crippen LogP contribution in [-0.4, -0.2) is 55.0 Å². The van der Waals surface area contributed by atoms with Crippen LogP contribution in [0.2, 0.25) is 0 Å². The molecule has 10 nitrogen and oxygen atoms in total. The van der Waals surface area contributed by atoms with Gasteiger partial charge in [0.25, 0.3) is 11.8 Å². The standard InChI is InChI=1S/C34H27F3N4O6S/c1-47-22-15-16-27(25(19-22)32(43)38-26-8-4-5-9-28(26)42)41-30-24(31(39-41)34(35,36)37)17-18-40(33(30)44)21-13-11-20(12-14-21)23-7-3-6-10-29(23)48(2,45)46/h3-16,19,42H,17-18H2,1-2H3,(H,38,43). The first-order valence-corrected chi connectivity index (χ1v) is 16.4. The number of para-hydroxylation sites is 2. The number of amides is 2. The van der Waals surface area contributed by atoms with Gasteiger partial charge in [0, 0.05) is 29.6 Å². The number of fused-ring (bicyclic) bond motifs is 1. The number of halogens is 3. The van der Waals surface area contributed by atoms with Crippen LogP contribution in [0.3, 0.4) is 0 Å². The number of phenolic OH excluding ortho intramolecular Hbond substituents is 1. The molecule has 2 heterocycles. The topological polar surface area (TPSA) is 131 Å². The van der Waals surface area contributed by atoms with Crippen LogP contribution in [0.5, 0.6) is 11.5 Å². The highest BCUT2D eigenvalue weighted by Gasteiger charge is 2.43. The summed E-state index contributed by atoms with van der Waals surface area (Å²) in [4.78, 5) is 29.1. The summed E-state index contributed by atoms with van der Waals surface area (Å²) in [5.74, 6) is -1.61. The van der Waals surface area contributed by atoms with Crippen LogP contribution in [0, 0.1) is 0 Å². The lowest BCUT2D eigenvalue weighted by atomic mass is 10.0. The van der Waals surface area contributed by atoms with Gasteiger partial charge in [-0.2, -0.15) is 18.3 Å². The Morgan fingerprint density at radius 2 is 1.67 bits per heavy atom. The van der Waals surface area contributed by atoms with E-state index in [9.17, 15) is 36.3 Å². The molecule has 0 unspecified atom stereocenters. The summed E-state index contributed by atoms with van der Waals surface area (Å²) in [6, 6.07) is 22.8. The van der Waals surface area contributed by atoms with Crippen LogP contribution in [0.1, 0.15) is 32.1 Å². The van der Waals surface area contributed by atoms with Crippen molar-refractivity contribution in [3.05, 3.63) is 114 Å². The van der Waals surface area contributed by atoms with E-state index in [4.69, 9.17) is 4.74 Å². The molecule has 48 heavy (non-hydrogen) atoms. The molecule has 1 aliphatic heterocycles. The normalized spacial score (nSPS) is 13.3. The maximum atomic E-state index is 14.3. The highest BCUT2D eigenvalue weighted by atomic mass is 32.2. The Hall–Kier alpha value is -5.63. The van der Waals surface area contributed by atoms with Gasteiger partial charge in [-0.3, -0.25) is 9.59 Å². The summed E-state index contributed by atoms with van der Waals surface area (Å²) in [5, 5.41) is 16.6. The molecule has 0 spiro atoms. The lowest BCUT2D eigenvalue weighted by Crippen LogP contribution is -2.39. The van der Waals surface area contributed by atoms with Crippen molar-refractivity contribution in [3.63, 3.8) is 0 Å². The fraction of sp³-hybridized carbons (Fsp3) is 0.147. The zero-order valence-electron chi connectivity index (χ0n) is 25.4. The van der Waals surface area contributed by atoms with Gasteiger partial charge >= 0.3 is 6.18 Å². The number of aromatic hydroxyl groups is 1. The average molecular weight is 677 g/mol. The van der Waals surface area contributed by atoms with Gasteiger partial charge in [0.05, 0.1) is 28.9 Å². The van der Waals surface area contributed by atoms with Crippen LogP contribution in [-0.2, 0) is 22.4 Å². The minimum absolute atomic E-state index is 0.0552. The third kappa shape index (κ3) is 5.97. The molecule has 1 aliphatic rings. The van der Waals surface area contributed by atoms with Crippen LogP contribution in [0.25, 0.3) is 16.8 Å².